The lowest BCUT2D eigenvalue weighted by molar-refractivity contribution is 0.0981. The predicted octanol–water partition coefficient (Wildman–Crippen LogP) is 3.33. The summed E-state index contributed by atoms with van der Waals surface area (Å²) < 4.78 is 11.3. The van der Waals surface area contributed by atoms with Crippen LogP contribution in [0.4, 0.5) is 0 Å². The van der Waals surface area contributed by atoms with E-state index in [1.165, 1.54) is 18.4 Å². The minimum Gasteiger partial charge on any atom is -0.493 e. The monoisotopic (exact) mass is 220 g/mol. The molecule has 0 saturated carbocycles. The Morgan fingerprint density at radius 3 is 3.00 bits per heavy atom. The van der Waals surface area contributed by atoms with Crippen molar-refractivity contribution in [3.8, 4) is 5.75 Å². The highest BCUT2D eigenvalue weighted by atomic mass is 16.5. The predicted molar refractivity (Wildman–Crippen MR) is 64.9 cm³/mol. The molecule has 1 aromatic carbocycles. The van der Waals surface area contributed by atoms with Gasteiger partial charge in [0.1, 0.15) is 5.75 Å². The quantitative estimate of drug-likeness (QED) is 0.709. The first-order valence-corrected chi connectivity index (χ1v) is 6.16. The van der Waals surface area contributed by atoms with Gasteiger partial charge in [0.05, 0.1) is 12.7 Å². The molecule has 1 unspecified atom stereocenters. The summed E-state index contributed by atoms with van der Waals surface area (Å²) in [6.07, 6.45) is 5.15. The maximum atomic E-state index is 5.74. The fourth-order valence-electron chi connectivity index (χ4n) is 2.08. The number of ether oxygens (including phenoxy) is 2. The van der Waals surface area contributed by atoms with Crippen molar-refractivity contribution < 1.29 is 9.47 Å². The second-order valence-electron chi connectivity index (χ2n) is 4.39. The second kappa shape index (κ2) is 5.90. The molecule has 1 atom stereocenters. The van der Waals surface area contributed by atoms with Gasteiger partial charge in [0.15, 0.2) is 0 Å². The first kappa shape index (κ1) is 11.5. The van der Waals surface area contributed by atoms with Crippen LogP contribution in [0, 0.1) is 6.92 Å². The molecule has 0 N–H and O–H groups in total. The van der Waals surface area contributed by atoms with Crippen molar-refractivity contribution in [1.82, 2.24) is 0 Å². The number of hydrogen-bond acceptors (Lipinski definition) is 2. The minimum absolute atomic E-state index is 0.487. The van der Waals surface area contributed by atoms with Gasteiger partial charge in [-0.1, -0.05) is 18.2 Å². The molecule has 0 spiro atoms. The number of benzene rings is 1. The summed E-state index contributed by atoms with van der Waals surface area (Å²) >= 11 is 0. The van der Waals surface area contributed by atoms with Crippen molar-refractivity contribution >= 4 is 0 Å². The summed E-state index contributed by atoms with van der Waals surface area (Å²) in [4.78, 5) is 0. The maximum Gasteiger partial charge on any atom is 0.122 e. The number of hydrogen-bond donors (Lipinski definition) is 0. The van der Waals surface area contributed by atoms with Crippen LogP contribution in [0.2, 0.25) is 0 Å². The lowest BCUT2D eigenvalue weighted by atomic mass is 10.1. The number of aryl methyl sites for hydroxylation is 1. The lowest BCUT2D eigenvalue weighted by Gasteiger charge is -2.11. The minimum atomic E-state index is 0.487. The van der Waals surface area contributed by atoms with Crippen molar-refractivity contribution in [3.63, 3.8) is 0 Å². The summed E-state index contributed by atoms with van der Waals surface area (Å²) in [5, 5.41) is 0. The van der Waals surface area contributed by atoms with Crippen LogP contribution in [0.3, 0.4) is 0 Å². The second-order valence-corrected chi connectivity index (χ2v) is 4.39. The van der Waals surface area contributed by atoms with E-state index in [4.69, 9.17) is 9.47 Å². The molecule has 88 valence electrons. The number of para-hydroxylation sites is 1. The van der Waals surface area contributed by atoms with Crippen molar-refractivity contribution in [2.45, 2.75) is 38.7 Å². The van der Waals surface area contributed by atoms with Gasteiger partial charge < -0.3 is 9.47 Å². The highest BCUT2D eigenvalue weighted by molar-refractivity contribution is 5.31. The van der Waals surface area contributed by atoms with Crippen LogP contribution in [0.1, 0.15) is 31.2 Å². The molecule has 1 saturated heterocycles. The van der Waals surface area contributed by atoms with E-state index in [1.807, 2.05) is 18.2 Å². The van der Waals surface area contributed by atoms with Gasteiger partial charge >= 0.3 is 0 Å². The Kier molecular flexibility index (Phi) is 4.23. The third-order valence-corrected chi connectivity index (χ3v) is 3.05. The van der Waals surface area contributed by atoms with E-state index in [0.29, 0.717) is 6.10 Å². The van der Waals surface area contributed by atoms with Crippen LogP contribution in [0.15, 0.2) is 24.3 Å². The molecule has 0 aliphatic carbocycles. The van der Waals surface area contributed by atoms with Crippen LogP contribution in [0.5, 0.6) is 5.75 Å². The third kappa shape index (κ3) is 3.24. The van der Waals surface area contributed by atoms with Gasteiger partial charge in [0.2, 0.25) is 0 Å². The molecule has 1 aliphatic rings. The molecule has 2 heteroatoms. The third-order valence-electron chi connectivity index (χ3n) is 3.05. The van der Waals surface area contributed by atoms with Gasteiger partial charge in [0, 0.05) is 6.61 Å². The van der Waals surface area contributed by atoms with E-state index >= 15 is 0 Å². The van der Waals surface area contributed by atoms with Gasteiger partial charge in [-0.15, -0.1) is 0 Å². The summed E-state index contributed by atoms with van der Waals surface area (Å²) in [6, 6.07) is 8.16. The van der Waals surface area contributed by atoms with Gasteiger partial charge in [0.25, 0.3) is 0 Å². The van der Waals surface area contributed by atoms with E-state index in [9.17, 15) is 0 Å². The molecular formula is C14H20O2. The van der Waals surface area contributed by atoms with Crippen molar-refractivity contribution in [2.24, 2.45) is 0 Å². The zero-order valence-corrected chi connectivity index (χ0v) is 9.95. The summed E-state index contributed by atoms with van der Waals surface area (Å²) in [5.41, 5.74) is 1.21. The first-order valence-electron chi connectivity index (χ1n) is 6.16. The number of rotatable bonds is 5. The molecule has 1 fully saturated rings. The van der Waals surface area contributed by atoms with E-state index in [1.54, 1.807) is 0 Å². The van der Waals surface area contributed by atoms with Crippen LogP contribution in [0.25, 0.3) is 0 Å². The maximum absolute atomic E-state index is 5.74. The Bertz CT molecular complexity index is 316. The molecule has 1 aliphatic heterocycles. The summed E-state index contributed by atoms with van der Waals surface area (Å²) in [7, 11) is 0. The Morgan fingerprint density at radius 2 is 2.25 bits per heavy atom. The topological polar surface area (TPSA) is 18.5 Å². The Labute approximate surface area is 97.6 Å². The average molecular weight is 220 g/mol. The Morgan fingerprint density at radius 1 is 1.38 bits per heavy atom. The molecule has 0 amide bonds. The van der Waals surface area contributed by atoms with E-state index in [-0.39, 0.29) is 0 Å². The van der Waals surface area contributed by atoms with Gasteiger partial charge in [-0.05, 0) is 44.2 Å². The normalized spacial score (nSPS) is 19.9. The van der Waals surface area contributed by atoms with Crippen molar-refractivity contribution in [2.75, 3.05) is 13.2 Å². The Balaban J connectivity index is 1.66. The van der Waals surface area contributed by atoms with Gasteiger partial charge in [-0.2, -0.15) is 0 Å². The molecule has 0 radical (unpaired) electrons. The summed E-state index contributed by atoms with van der Waals surface area (Å²) in [6.45, 7) is 3.82. The van der Waals surface area contributed by atoms with Crippen molar-refractivity contribution in [1.29, 1.82) is 0 Å². The molecule has 16 heavy (non-hydrogen) atoms. The van der Waals surface area contributed by atoms with Crippen LogP contribution >= 0.6 is 0 Å². The first-order chi connectivity index (χ1) is 7.86. The molecule has 1 heterocycles. The van der Waals surface area contributed by atoms with E-state index in [2.05, 4.69) is 13.0 Å². The highest BCUT2D eigenvalue weighted by Crippen LogP contribution is 2.19. The standard InChI is InChI=1S/C14H20O2/c1-12-6-2-3-9-14(12)16-11-5-8-13-7-4-10-15-13/h2-3,6,9,13H,4-5,7-8,10-11H2,1H3. The smallest absolute Gasteiger partial charge is 0.122 e. The van der Waals surface area contributed by atoms with Gasteiger partial charge in [-0.25, -0.2) is 0 Å². The Hall–Kier alpha value is -1.02. The fraction of sp³-hybridized carbons (Fsp3) is 0.571. The molecule has 0 bridgehead atoms. The summed E-state index contributed by atoms with van der Waals surface area (Å²) in [5.74, 6) is 1.01. The van der Waals surface area contributed by atoms with E-state index in [0.717, 1.165) is 31.8 Å². The highest BCUT2D eigenvalue weighted by Gasteiger charge is 2.14. The molecule has 2 rings (SSSR count). The molecule has 2 nitrogen and oxygen atoms in total. The average Bonchev–Trinajstić information content (AvgIpc) is 2.79. The fourth-order valence-corrected chi connectivity index (χ4v) is 2.08. The zero-order chi connectivity index (χ0) is 11.2. The van der Waals surface area contributed by atoms with E-state index < -0.39 is 0 Å². The SMILES string of the molecule is Cc1ccccc1OCCCC1CCCO1. The zero-order valence-electron chi connectivity index (χ0n) is 9.95. The van der Waals surface area contributed by atoms with Crippen LogP contribution in [-0.2, 0) is 4.74 Å². The molecule has 0 aromatic heterocycles. The van der Waals surface area contributed by atoms with Crippen molar-refractivity contribution in [3.05, 3.63) is 29.8 Å². The lowest BCUT2D eigenvalue weighted by Crippen LogP contribution is -2.07. The molecule has 1 aromatic rings. The van der Waals surface area contributed by atoms with Crippen LogP contribution in [-0.4, -0.2) is 19.3 Å². The van der Waals surface area contributed by atoms with Gasteiger partial charge in [-0.3, -0.25) is 0 Å². The largest absolute Gasteiger partial charge is 0.493 e. The molecular weight excluding hydrogens is 200 g/mol. The van der Waals surface area contributed by atoms with Crippen LogP contribution < -0.4 is 4.74 Å².